The summed E-state index contributed by atoms with van der Waals surface area (Å²) < 4.78 is 0. The summed E-state index contributed by atoms with van der Waals surface area (Å²) in [5.41, 5.74) is 5.04. The zero-order valence-electron chi connectivity index (χ0n) is 16.1. The Bertz CT molecular complexity index is 908. The lowest BCUT2D eigenvalue weighted by atomic mass is 10.0. The number of anilines is 1. The molecule has 0 amide bonds. The van der Waals surface area contributed by atoms with Crippen molar-refractivity contribution >= 4 is 34.1 Å². The molecule has 3 rings (SSSR count). The van der Waals surface area contributed by atoms with E-state index in [-0.39, 0.29) is 0 Å². The highest BCUT2D eigenvalue weighted by Crippen LogP contribution is 2.32. The van der Waals surface area contributed by atoms with Gasteiger partial charge in [-0.15, -0.1) is 11.3 Å². The van der Waals surface area contributed by atoms with Gasteiger partial charge in [-0.2, -0.15) is 0 Å². The van der Waals surface area contributed by atoms with Crippen molar-refractivity contribution in [2.75, 3.05) is 5.32 Å². The van der Waals surface area contributed by atoms with Gasteiger partial charge < -0.3 is 10.1 Å². The number of aldehydes is 1. The van der Waals surface area contributed by atoms with E-state index in [9.17, 15) is 0 Å². The molecule has 1 N–H and O–H groups in total. The third kappa shape index (κ3) is 5.06. The van der Waals surface area contributed by atoms with E-state index in [0.29, 0.717) is 0 Å². The smallest absolute Gasteiger partial charge is 0.116 e. The van der Waals surface area contributed by atoms with Gasteiger partial charge in [0.25, 0.3) is 0 Å². The average Bonchev–Trinajstić information content (AvgIpc) is 2.86. The van der Waals surface area contributed by atoms with Gasteiger partial charge in [0.15, 0.2) is 0 Å². The zero-order chi connectivity index (χ0) is 19.1. The number of hydrogen-bond acceptors (Lipinski definition) is 3. The molecule has 0 fully saturated rings. The summed E-state index contributed by atoms with van der Waals surface area (Å²) in [6.45, 7) is 12.2. The number of allylic oxidation sites excluding steroid dienone is 1. The number of benzene rings is 2. The van der Waals surface area contributed by atoms with Crippen LogP contribution in [-0.2, 0) is 11.2 Å². The molecule has 0 spiro atoms. The van der Waals surface area contributed by atoms with Crippen LogP contribution < -0.4 is 5.32 Å². The predicted octanol–water partition coefficient (Wildman–Crippen LogP) is 6.59. The van der Waals surface area contributed by atoms with Crippen LogP contribution in [0.15, 0.2) is 54.7 Å². The first-order valence-electron chi connectivity index (χ1n) is 8.85. The second-order valence-corrected chi connectivity index (χ2v) is 7.79. The largest absolute Gasteiger partial charge is 0.358 e. The molecule has 0 atom stereocenters. The minimum atomic E-state index is 0.750. The molecule has 0 aliphatic rings. The fourth-order valence-corrected chi connectivity index (χ4v) is 3.93. The van der Waals surface area contributed by atoms with E-state index in [1.54, 1.807) is 0 Å². The van der Waals surface area contributed by atoms with Crippen molar-refractivity contribution in [2.24, 2.45) is 0 Å². The standard InChI is InChI=1S/C21H23NS.C2H4O/c1-14(22-21-15(2)16(3)23-17(21)4)9-10-18-11-12-19-7-5-6-8-20(19)13-18;1-2-3/h5-8,11-13,22H,1,9-10H2,2-4H3;2H,1H3. The lowest BCUT2D eigenvalue weighted by molar-refractivity contribution is -0.106. The Labute approximate surface area is 160 Å². The van der Waals surface area contributed by atoms with Crippen LogP contribution in [0.4, 0.5) is 5.69 Å². The first-order valence-corrected chi connectivity index (χ1v) is 9.66. The molecule has 26 heavy (non-hydrogen) atoms. The lowest BCUT2D eigenvalue weighted by Crippen LogP contribution is -2.01. The summed E-state index contributed by atoms with van der Waals surface area (Å²) in [5, 5.41) is 6.13. The van der Waals surface area contributed by atoms with E-state index >= 15 is 0 Å². The van der Waals surface area contributed by atoms with Crippen molar-refractivity contribution in [3.8, 4) is 0 Å². The molecule has 2 aromatic carbocycles. The second kappa shape index (κ2) is 9.35. The van der Waals surface area contributed by atoms with Crippen LogP contribution in [0.25, 0.3) is 10.8 Å². The van der Waals surface area contributed by atoms with Gasteiger partial charge in [-0.1, -0.05) is 49.0 Å². The molecular formula is C23H27NOS. The van der Waals surface area contributed by atoms with Crippen molar-refractivity contribution in [3.05, 3.63) is 75.6 Å². The topological polar surface area (TPSA) is 29.1 Å². The molecule has 136 valence electrons. The molecule has 1 aromatic heterocycles. The van der Waals surface area contributed by atoms with Gasteiger partial charge in [0.2, 0.25) is 0 Å². The fraction of sp³-hybridized carbons (Fsp3) is 0.261. The molecular weight excluding hydrogens is 338 g/mol. The summed E-state index contributed by atoms with van der Waals surface area (Å²) in [6, 6.07) is 15.2. The summed E-state index contributed by atoms with van der Waals surface area (Å²) in [5.74, 6) is 0. The van der Waals surface area contributed by atoms with Crippen LogP contribution in [0.1, 0.15) is 34.2 Å². The number of rotatable bonds is 5. The molecule has 3 heteroatoms. The first kappa shape index (κ1) is 19.9. The molecule has 0 aliphatic carbocycles. The summed E-state index contributed by atoms with van der Waals surface area (Å²) in [6.07, 6.45) is 2.71. The molecule has 0 unspecified atom stereocenters. The average molecular weight is 366 g/mol. The Balaban J connectivity index is 0.000000758. The number of carbonyl (C=O) groups excluding carboxylic acids is 1. The van der Waals surface area contributed by atoms with Gasteiger partial charge in [0.1, 0.15) is 6.29 Å². The Morgan fingerprint density at radius 3 is 2.35 bits per heavy atom. The van der Waals surface area contributed by atoms with Gasteiger partial charge in [0, 0.05) is 15.5 Å². The van der Waals surface area contributed by atoms with Crippen LogP contribution in [0, 0.1) is 20.8 Å². The van der Waals surface area contributed by atoms with Gasteiger partial charge in [-0.25, -0.2) is 0 Å². The van der Waals surface area contributed by atoms with Gasteiger partial charge in [-0.05, 0) is 62.4 Å². The normalized spacial score (nSPS) is 10.2. The molecule has 0 saturated heterocycles. The van der Waals surface area contributed by atoms with E-state index in [1.165, 1.54) is 44.3 Å². The van der Waals surface area contributed by atoms with E-state index in [0.717, 1.165) is 24.8 Å². The van der Waals surface area contributed by atoms with Crippen molar-refractivity contribution in [1.29, 1.82) is 0 Å². The summed E-state index contributed by atoms with van der Waals surface area (Å²) >= 11 is 1.85. The van der Waals surface area contributed by atoms with Crippen LogP contribution in [-0.4, -0.2) is 6.29 Å². The Morgan fingerprint density at radius 1 is 1.08 bits per heavy atom. The maximum Gasteiger partial charge on any atom is 0.116 e. The van der Waals surface area contributed by atoms with Crippen LogP contribution in [0.5, 0.6) is 0 Å². The molecule has 0 bridgehead atoms. The molecule has 1 heterocycles. The molecule has 3 aromatic rings. The Morgan fingerprint density at radius 2 is 1.73 bits per heavy atom. The van der Waals surface area contributed by atoms with Crippen molar-refractivity contribution in [2.45, 2.75) is 40.5 Å². The monoisotopic (exact) mass is 365 g/mol. The van der Waals surface area contributed by atoms with E-state index in [4.69, 9.17) is 4.79 Å². The molecule has 0 aliphatic heterocycles. The number of fused-ring (bicyclic) bond motifs is 1. The Kier molecular flexibility index (Phi) is 7.16. The molecule has 0 radical (unpaired) electrons. The van der Waals surface area contributed by atoms with Gasteiger partial charge in [0.05, 0.1) is 5.69 Å². The van der Waals surface area contributed by atoms with Crippen molar-refractivity contribution < 1.29 is 4.79 Å². The van der Waals surface area contributed by atoms with Crippen LogP contribution >= 0.6 is 11.3 Å². The third-order valence-corrected chi connectivity index (χ3v) is 5.52. The zero-order valence-corrected chi connectivity index (χ0v) is 16.9. The Hall–Kier alpha value is -2.39. The van der Waals surface area contributed by atoms with Gasteiger partial charge in [-0.3, -0.25) is 0 Å². The first-order chi connectivity index (χ1) is 12.5. The molecule has 2 nitrogen and oxygen atoms in total. The van der Waals surface area contributed by atoms with Crippen LogP contribution in [0.2, 0.25) is 0 Å². The highest BCUT2D eigenvalue weighted by molar-refractivity contribution is 7.12. The summed E-state index contributed by atoms with van der Waals surface area (Å²) in [7, 11) is 0. The van der Waals surface area contributed by atoms with Gasteiger partial charge >= 0.3 is 0 Å². The quantitative estimate of drug-likeness (QED) is 0.517. The number of nitrogens with one attached hydrogen (secondary N) is 1. The minimum absolute atomic E-state index is 0.750. The summed E-state index contributed by atoms with van der Waals surface area (Å²) in [4.78, 5) is 11.5. The van der Waals surface area contributed by atoms with Crippen molar-refractivity contribution in [3.63, 3.8) is 0 Å². The SMILES string of the molecule is C=C(CCc1ccc2ccccc2c1)Nc1c(C)sc(C)c1C.CC=O. The lowest BCUT2D eigenvalue weighted by Gasteiger charge is -2.11. The van der Waals surface area contributed by atoms with Crippen molar-refractivity contribution in [1.82, 2.24) is 0 Å². The maximum absolute atomic E-state index is 8.81. The van der Waals surface area contributed by atoms with E-state index in [2.05, 4.69) is 75.1 Å². The van der Waals surface area contributed by atoms with Crippen LogP contribution in [0.3, 0.4) is 0 Å². The third-order valence-electron chi connectivity index (χ3n) is 4.39. The maximum atomic E-state index is 8.81. The number of hydrogen-bond donors (Lipinski definition) is 1. The highest BCUT2D eigenvalue weighted by atomic mass is 32.1. The number of thiophene rings is 1. The fourth-order valence-electron chi connectivity index (χ4n) is 2.91. The minimum Gasteiger partial charge on any atom is -0.358 e. The highest BCUT2D eigenvalue weighted by Gasteiger charge is 2.09. The predicted molar refractivity (Wildman–Crippen MR) is 115 cm³/mol. The number of carbonyl (C=O) groups is 1. The molecule has 0 saturated carbocycles. The second-order valence-electron chi connectivity index (χ2n) is 6.36. The number of aryl methyl sites for hydroxylation is 3. The van der Waals surface area contributed by atoms with E-state index in [1.807, 2.05) is 11.3 Å². The van der Waals surface area contributed by atoms with E-state index < -0.39 is 0 Å².